The Labute approximate surface area is 121 Å². The Balaban J connectivity index is 1.67. The first-order valence-corrected chi connectivity index (χ1v) is 7.56. The van der Waals surface area contributed by atoms with Crippen molar-refractivity contribution in [2.75, 3.05) is 13.2 Å². The van der Waals surface area contributed by atoms with Gasteiger partial charge in [0.05, 0.1) is 23.4 Å². The van der Waals surface area contributed by atoms with Crippen LogP contribution in [-0.4, -0.2) is 35.4 Å². The number of ether oxygens (including phenoxy) is 1. The Morgan fingerprint density at radius 3 is 3.05 bits per heavy atom. The molecule has 0 aromatic carbocycles. The fourth-order valence-corrected chi connectivity index (χ4v) is 2.79. The number of amides is 1. The van der Waals surface area contributed by atoms with Crippen molar-refractivity contribution in [3.8, 4) is 0 Å². The summed E-state index contributed by atoms with van der Waals surface area (Å²) >= 11 is 3.26. The smallest absolute Gasteiger partial charge is 0.270 e. The van der Waals surface area contributed by atoms with Gasteiger partial charge in [0.25, 0.3) is 5.91 Å². The lowest BCUT2D eigenvalue weighted by atomic mass is 9.88. The molecule has 0 aliphatic heterocycles. The molecule has 1 fully saturated rings. The number of rotatable bonds is 5. The molecule has 0 saturated heterocycles. The fourth-order valence-electron chi connectivity index (χ4n) is 2.42. The first kappa shape index (κ1) is 14.5. The number of carbonyl (C=O) groups excluding carboxylic acids is 1. The van der Waals surface area contributed by atoms with E-state index in [0.29, 0.717) is 35.3 Å². The Bertz CT molecular complexity index is 422. The second-order valence-electron chi connectivity index (χ2n) is 5.02. The average Bonchev–Trinajstić information content (AvgIpc) is 2.82. The molecule has 1 amide bonds. The summed E-state index contributed by atoms with van der Waals surface area (Å²) in [5, 5.41) is 9.26. The zero-order chi connectivity index (χ0) is 13.7. The van der Waals surface area contributed by atoms with E-state index in [2.05, 4.69) is 38.4 Å². The quantitative estimate of drug-likeness (QED) is 0.815. The number of hydrogen-bond donors (Lipinski definition) is 2. The summed E-state index contributed by atoms with van der Waals surface area (Å²) in [5.41, 5.74) is 0.450. The van der Waals surface area contributed by atoms with Crippen molar-refractivity contribution in [1.29, 1.82) is 0 Å². The number of nitrogens with zero attached hydrogens (tertiary/aromatic N) is 1. The predicted octanol–water partition coefficient (Wildman–Crippen LogP) is 2.50. The predicted molar refractivity (Wildman–Crippen MR) is 76.0 cm³/mol. The van der Waals surface area contributed by atoms with Crippen molar-refractivity contribution < 1.29 is 9.53 Å². The van der Waals surface area contributed by atoms with E-state index in [-0.39, 0.29) is 5.91 Å². The third-order valence-electron chi connectivity index (χ3n) is 3.57. The van der Waals surface area contributed by atoms with Crippen LogP contribution < -0.4 is 5.32 Å². The highest BCUT2D eigenvalue weighted by atomic mass is 79.9. The maximum absolute atomic E-state index is 11.8. The lowest BCUT2D eigenvalue weighted by Gasteiger charge is -2.28. The van der Waals surface area contributed by atoms with Crippen LogP contribution in [0.3, 0.4) is 0 Å². The molecule has 0 spiro atoms. The van der Waals surface area contributed by atoms with E-state index < -0.39 is 0 Å². The summed E-state index contributed by atoms with van der Waals surface area (Å²) in [5.74, 6) is 0.468. The molecule has 6 heteroatoms. The summed E-state index contributed by atoms with van der Waals surface area (Å²) < 4.78 is 6.51. The second-order valence-corrected chi connectivity index (χ2v) is 5.87. The molecule has 19 heavy (non-hydrogen) atoms. The molecule has 0 radical (unpaired) electrons. The van der Waals surface area contributed by atoms with Crippen LogP contribution in [0, 0.1) is 5.92 Å². The van der Waals surface area contributed by atoms with Crippen LogP contribution in [0.4, 0.5) is 0 Å². The Morgan fingerprint density at radius 1 is 1.58 bits per heavy atom. The van der Waals surface area contributed by atoms with E-state index in [1.807, 2.05) is 0 Å². The van der Waals surface area contributed by atoms with Crippen molar-refractivity contribution in [1.82, 2.24) is 15.5 Å². The van der Waals surface area contributed by atoms with Gasteiger partial charge in [-0.25, -0.2) is 0 Å². The van der Waals surface area contributed by atoms with Gasteiger partial charge in [0.2, 0.25) is 0 Å². The fraction of sp³-hybridized carbons (Fsp3) is 0.692. The van der Waals surface area contributed by atoms with Crippen molar-refractivity contribution in [2.24, 2.45) is 5.92 Å². The van der Waals surface area contributed by atoms with Gasteiger partial charge in [-0.2, -0.15) is 5.10 Å². The SMILES string of the molecule is CC1CCCCC1OCCNC(=O)c1[nH]ncc1Br. The van der Waals surface area contributed by atoms with Crippen LogP contribution in [0.5, 0.6) is 0 Å². The van der Waals surface area contributed by atoms with Gasteiger partial charge in [0, 0.05) is 6.54 Å². The number of carbonyl (C=O) groups is 1. The molecule has 5 nitrogen and oxygen atoms in total. The van der Waals surface area contributed by atoms with Gasteiger partial charge >= 0.3 is 0 Å². The summed E-state index contributed by atoms with van der Waals surface area (Å²) in [4.78, 5) is 11.8. The Morgan fingerprint density at radius 2 is 2.37 bits per heavy atom. The average molecular weight is 330 g/mol. The van der Waals surface area contributed by atoms with E-state index in [4.69, 9.17) is 4.74 Å². The number of halogens is 1. The molecule has 2 N–H and O–H groups in total. The number of hydrogen-bond acceptors (Lipinski definition) is 3. The largest absolute Gasteiger partial charge is 0.376 e. The van der Waals surface area contributed by atoms with Crippen LogP contribution in [0.1, 0.15) is 43.1 Å². The first-order chi connectivity index (χ1) is 9.18. The van der Waals surface area contributed by atoms with E-state index >= 15 is 0 Å². The number of H-pyrrole nitrogens is 1. The molecule has 0 bridgehead atoms. The van der Waals surface area contributed by atoms with Crippen LogP contribution in [0.15, 0.2) is 10.7 Å². The Kier molecular flexibility index (Phi) is 5.39. The lowest BCUT2D eigenvalue weighted by Crippen LogP contribution is -2.32. The molecule has 2 atom stereocenters. The molecule has 1 aliphatic carbocycles. The normalized spacial score (nSPS) is 23.3. The standard InChI is InChI=1S/C13H20BrN3O2/c1-9-4-2-3-5-11(9)19-7-6-15-13(18)12-10(14)8-16-17-12/h8-9,11H,2-7H2,1H3,(H,15,18)(H,16,17). The molecule has 1 aliphatic rings. The molecule has 2 rings (SSSR count). The van der Waals surface area contributed by atoms with Gasteiger partial charge < -0.3 is 10.1 Å². The molecule has 1 saturated carbocycles. The minimum absolute atomic E-state index is 0.162. The van der Waals surface area contributed by atoms with Crippen LogP contribution in [-0.2, 0) is 4.74 Å². The van der Waals surface area contributed by atoms with Gasteiger partial charge in [-0.05, 0) is 34.7 Å². The van der Waals surface area contributed by atoms with Gasteiger partial charge in [0.15, 0.2) is 0 Å². The monoisotopic (exact) mass is 329 g/mol. The summed E-state index contributed by atoms with van der Waals surface area (Å²) in [6, 6.07) is 0. The van der Waals surface area contributed by atoms with Gasteiger partial charge in [0.1, 0.15) is 5.69 Å². The van der Waals surface area contributed by atoms with E-state index in [0.717, 1.165) is 6.42 Å². The second kappa shape index (κ2) is 7.05. The lowest BCUT2D eigenvalue weighted by molar-refractivity contribution is -0.00295. The Hall–Kier alpha value is -0.880. The van der Waals surface area contributed by atoms with Gasteiger partial charge in [-0.3, -0.25) is 9.89 Å². The van der Waals surface area contributed by atoms with Crippen LogP contribution in [0.2, 0.25) is 0 Å². The zero-order valence-electron chi connectivity index (χ0n) is 11.1. The van der Waals surface area contributed by atoms with Gasteiger partial charge in [-0.15, -0.1) is 0 Å². The third kappa shape index (κ3) is 4.04. The molecule has 1 aromatic heterocycles. The van der Waals surface area contributed by atoms with E-state index in [1.165, 1.54) is 19.3 Å². The number of aromatic amines is 1. The third-order valence-corrected chi connectivity index (χ3v) is 4.17. The summed E-state index contributed by atoms with van der Waals surface area (Å²) in [6.07, 6.45) is 6.87. The van der Waals surface area contributed by atoms with E-state index in [9.17, 15) is 4.79 Å². The molecule has 1 heterocycles. The van der Waals surface area contributed by atoms with Crippen molar-refractivity contribution in [3.05, 3.63) is 16.4 Å². The maximum Gasteiger partial charge on any atom is 0.270 e. The minimum Gasteiger partial charge on any atom is -0.376 e. The number of aromatic nitrogens is 2. The molecular weight excluding hydrogens is 310 g/mol. The van der Waals surface area contributed by atoms with Crippen LogP contribution >= 0.6 is 15.9 Å². The molecule has 106 valence electrons. The topological polar surface area (TPSA) is 67.0 Å². The number of nitrogens with one attached hydrogen (secondary N) is 2. The van der Waals surface area contributed by atoms with Gasteiger partial charge in [-0.1, -0.05) is 19.8 Å². The van der Waals surface area contributed by atoms with Crippen LogP contribution in [0.25, 0.3) is 0 Å². The molecule has 1 aromatic rings. The highest BCUT2D eigenvalue weighted by molar-refractivity contribution is 9.10. The van der Waals surface area contributed by atoms with E-state index in [1.54, 1.807) is 6.20 Å². The molecular formula is C13H20BrN3O2. The van der Waals surface area contributed by atoms with Crippen molar-refractivity contribution in [3.63, 3.8) is 0 Å². The zero-order valence-corrected chi connectivity index (χ0v) is 12.7. The maximum atomic E-state index is 11.8. The summed E-state index contributed by atoms with van der Waals surface area (Å²) in [6.45, 7) is 3.32. The molecule has 2 unspecified atom stereocenters. The van der Waals surface area contributed by atoms with Crippen molar-refractivity contribution >= 4 is 21.8 Å². The highest BCUT2D eigenvalue weighted by Crippen LogP contribution is 2.25. The van der Waals surface area contributed by atoms with Crippen molar-refractivity contribution in [2.45, 2.75) is 38.7 Å². The summed E-state index contributed by atoms with van der Waals surface area (Å²) in [7, 11) is 0. The minimum atomic E-state index is -0.162. The highest BCUT2D eigenvalue weighted by Gasteiger charge is 2.21. The first-order valence-electron chi connectivity index (χ1n) is 6.77.